The first-order valence-electron chi connectivity index (χ1n) is 10.5. The summed E-state index contributed by atoms with van der Waals surface area (Å²) < 4.78 is 8.52. The van der Waals surface area contributed by atoms with Gasteiger partial charge >= 0.3 is 0 Å². The number of aliphatic hydroxyl groups is 4. The summed E-state index contributed by atoms with van der Waals surface area (Å²) in [6.45, 7) is 0.360. The molecule has 1 fully saturated rings. The van der Waals surface area contributed by atoms with Crippen LogP contribution >= 0.6 is 0 Å². The molecule has 0 bridgehead atoms. The number of ether oxygens (including phenoxy) is 1. The maximum atomic E-state index is 10.1. The van der Waals surface area contributed by atoms with Gasteiger partial charge in [-0.05, 0) is 6.42 Å². The molecule has 4 aromatic heterocycles. The van der Waals surface area contributed by atoms with Crippen molar-refractivity contribution in [2.75, 3.05) is 31.3 Å². The van der Waals surface area contributed by atoms with Crippen molar-refractivity contribution in [1.82, 2.24) is 39.0 Å². The zero-order valence-electron chi connectivity index (χ0n) is 18.1. The number of nitrogens with two attached hydrogens (primary N) is 2. The van der Waals surface area contributed by atoms with Crippen LogP contribution in [0.25, 0.3) is 22.3 Å². The van der Waals surface area contributed by atoms with Gasteiger partial charge in [-0.1, -0.05) is 0 Å². The zero-order chi connectivity index (χ0) is 24.2. The molecule has 4 heterocycles. The van der Waals surface area contributed by atoms with Crippen LogP contribution in [0.4, 0.5) is 11.6 Å². The highest BCUT2D eigenvalue weighted by molar-refractivity contribution is 5.81. The summed E-state index contributed by atoms with van der Waals surface area (Å²) in [5.74, 6) is 0.289. The average Bonchev–Trinajstić information content (AvgIpc) is 3.52. The number of fused-ring (bicyclic) bond motifs is 2. The Morgan fingerprint density at radius 2 is 1.71 bits per heavy atom. The minimum absolute atomic E-state index is 0.0153. The van der Waals surface area contributed by atoms with Crippen LogP contribution in [-0.2, 0) is 11.5 Å². The van der Waals surface area contributed by atoms with Crippen molar-refractivity contribution in [3.63, 3.8) is 0 Å². The van der Waals surface area contributed by atoms with Crippen LogP contribution in [0, 0.1) is 5.92 Å². The second-order valence-electron chi connectivity index (χ2n) is 7.72. The van der Waals surface area contributed by atoms with E-state index in [1.807, 2.05) is 0 Å². The van der Waals surface area contributed by atoms with Crippen molar-refractivity contribution in [3.05, 3.63) is 25.3 Å². The Bertz CT molecular complexity index is 1250. The summed E-state index contributed by atoms with van der Waals surface area (Å²) in [7, 11) is 0. The maximum Gasteiger partial charge on any atom is 0.183 e. The van der Waals surface area contributed by atoms with E-state index in [4.69, 9.17) is 21.3 Å². The molecule has 0 aromatic carbocycles. The minimum atomic E-state index is -0.967. The van der Waals surface area contributed by atoms with E-state index >= 15 is 0 Å². The van der Waals surface area contributed by atoms with E-state index in [1.165, 1.54) is 19.0 Å². The molecule has 8 N–H and O–H groups in total. The minimum Gasteiger partial charge on any atom is -0.396 e. The molecule has 34 heavy (non-hydrogen) atoms. The number of aliphatic hydroxyl groups excluding tert-OH is 4. The van der Waals surface area contributed by atoms with Crippen molar-refractivity contribution in [1.29, 1.82) is 0 Å². The molecule has 182 valence electrons. The molecule has 1 saturated carbocycles. The number of aromatic nitrogens is 8. The Kier molecular flexibility index (Phi) is 7.09. The highest BCUT2D eigenvalue weighted by Gasteiger charge is 2.42. The monoisotopic (exact) mass is 474 g/mol. The van der Waals surface area contributed by atoms with Crippen molar-refractivity contribution in [2.45, 2.75) is 31.4 Å². The van der Waals surface area contributed by atoms with Crippen LogP contribution in [-0.4, -0.2) is 91.5 Å². The molecule has 4 atom stereocenters. The van der Waals surface area contributed by atoms with Gasteiger partial charge in [0.05, 0.1) is 38.0 Å². The third kappa shape index (κ3) is 4.46. The summed E-state index contributed by atoms with van der Waals surface area (Å²) in [6, 6.07) is -0.383. The lowest BCUT2D eigenvalue weighted by atomic mass is 10.1. The quantitative estimate of drug-likeness (QED) is 0.167. The number of hydrogen-bond acceptors (Lipinski definition) is 13. The van der Waals surface area contributed by atoms with Gasteiger partial charge in [0.1, 0.15) is 36.5 Å². The SMILES string of the molecule is Nc1ncnc2c1ncn2[C@@H]1C[C@H](CO)[C@@H](O)[C@@H]1O.Nc1ncnc2ncn(COCCO)c12. The summed E-state index contributed by atoms with van der Waals surface area (Å²) in [6.07, 6.45) is 4.33. The summed E-state index contributed by atoms with van der Waals surface area (Å²) >= 11 is 0. The third-order valence-corrected chi connectivity index (χ3v) is 5.65. The molecule has 5 rings (SSSR count). The second kappa shape index (κ2) is 10.2. The van der Waals surface area contributed by atoms with Gasteiger partial charge in [-0.3, -0.25) is 0 Å². The largest absolute Gasteiger partial charge is 0.396 e. The lowest BCUT2D eigenvalue weighted by Gasteiger charge is -2.18. The lowest BCUT2D eigenvalue weighted by molar-refractivity contribution is -0.00370. The predicted molar refractivity (Wildman–Crippen MR) is 119 cm³/mol. The van der Waals surface area contributed by atoms with E-state index in [-0.39, 0.29) is 44.3 Å². The van der Waals surface area contributed by atoms with Gasteiger partial charge in [0.15, 0.2) is 22.9 Å². The Labute approximate surface area is 192 Å². The molecule has 1 aliphatic rings. The molecule has 0 amide bonds. The number of nitrogen functional groups attached to an aromatic ring is 2. The van der Waals surface area contributed by atoms with Crippen molar-refractivity contribution in [3.8, 4) is 0 Å². The lowest BCUT2D eigenvalue weighted by Crippen LogP contribution is -2.30. The van der Waals surface area contributed by atoms with Crippen LogP contribution in [0.2, 0.25) is 0 Å². The van der Waals surface area contributed by atoms with E-state index in [0.717, 1.165) is 0 Å². The van der Waals surface area contributed by atoms with Crippen LogP contribution in [0.5, 0.6) is 0 Å². The number of nitrogens with zero attached hydrogens (tertiary/aromatic N) is 8. The molecule has 1 aliphatic carbocycles. The fourth-order valence-corrected chi connectivity index (χ4v) is 3.93. The van der Waals surface area contributed by atoms with Gasteiger partial charge in [-0.2, -0.15) is 0 Å². The highest BCUT2D eigenvalue weighted by Crippen LogP contribution is 2.36. The molecule has 0 saturated heterocycles. The molecule has 4 aromatic rings. The van der Waals surface area contributed by atoms with Crippen LogP contribution in [0.3, 0.4) is 0 Å². The first-order valence-corrected chi connectivity index (χ1v) is 10.5. The molecular formula is C19H26N10O5. The van der Waals surface area contributed by atoms with Gasteiger partial charge in [0.2, 0.25) is 0 Å². The van der Waals surface area contributed by atoms with Crippen molar-refractivity contribution < 1.29 is 25.2 Å². The Hall–Kier alpha value is -3.50. The molecular weight excluding hydrogens is 448 g/mol. The third-order valence-electron chi connectivity index (χ3n) is 5.65. The molecule has 15 heteroatoms. The average molecular weight is 474 g/mol. The highest BCUT2D eigenvalue weighted by atomic mass is 16.5. The maximum absolute atomic E-state index is 10.1. The summed E-state index contributed by atoms with van der Waals surface area (Å²) in [5.41, 5.74) is 13.6. The van der Waals surface area contributed by atoms with Crippen molar-refractivity contribution >= 4 is 34.0 Å². The predicted octanol–water partition coefficient (Wildman–Crippen LogP) is -1.94. The number of rotatable bonds is 6. The number of imidazole rings is 2. The first-order chi connectivity index (χ1) is 16.5. The van der Waals surface area contributed by atoms with Crippen LogP contribution < -0.4 is 11.5 Å². The smallest absolute Gasteiger partial charge is 0.183 e. The molecule has 0 aliphatic heterocycles. The molecule has 15 nitrogen and oxygen atoms in total. The Morgan fingerprint density at radius 3 is 2.44 bits per heavy atom. The number of hydrogen-bond donors (Lipinski definition) is 6. The van der Waals surface area contributed by atoms with E-state index < -0.39 is 12.2 Å². The standard InChI is InChI=1S/C11H15N5O3.C8H11N5O2/c12-10-7-11(14-3-13-10)16(4-15-7)6-1-5(2-17)8(18)9(6)19;9-7-6-8(11-3-10-7)12-4-13(6)5-15-2-1-14/h3-6,8-9,17-19H,1-2H2,(H2,12,13,14);3-4,14H,1-2,5H2,(H2,9,10,11)/t5-,6-,8-,9-;/m1./s1. The normalized spacial score (nSPS) is 22.2. The van der Waals surface area contributed by atoms with Crippen LogP contribution in [0.1, 0.15) is 12.5 Å². The van der Waals surface area contributed by atoms with E-state index in [9.17, 15) is 15.3 Å². The summed E-state index contributed by atoms with van der Waals surface area (Å²) in [4.78, 5) is 24.0. The zero-order valence-corrected chi connectivity index (χ0v) is 18.1. The van der Waals surface area contributed by atoms with Gasteiger partial charge < -0.3 is 45.8 Å². The first kappa shape index (κ1) is 23.7. The van der Waals surface area contributed by atoms with Gasteiger partial charge in [0, 0.05) is 12.5 Å². The molecule has 0 radical (unpaired) electrons. The Morgan fingerprint density at radius 1 is 0.941 bits per heavy atom. The van der Waals surface area contributed by atoms with Crippen molar-refractivity contribution in [2.24, 2.45) is 5.92 Å². The Balaban J connectivity index is 0.000000166. The van der Waals surface area contributed by atoms with Crippen LogP contribution in [0.15, 0.2) is 25.3 Å². The van der Waals surface area contributed by atoms with E-state index in [1.54, 1.807) is 15.5 Å². The van der Waals surface area contributed by atoms with Gasteiger partial charge in [-0.15, -0.1) is 0 Å². The fraction of sp³-hybridized carbons (Fsp3) is 0.474. The fourth-order valence-electron chi connectivity index (χ4n) is 3.93. The van der Waals surface area contributed by atoms with Gasteiger partial charge in [-0.25, -0.2) is 29.9 Å². The number of anilines is 2. The molecule has 0 unspecified atom stereocenters. The van der Waals surface area contributed by atoms with E-state index in [0.29, 0.717) is 34.6 Å². The van der Waals surface area contributed by atoms with E-state index in [2.05, 4.69) is 29.9 Å². The second-order valence-corrected chi connectivity index (χ2v) is 7.72. The summed E-state index contributed by atoms with van der Waals surface area (Å²) in [5, 5.41) is 37.7. The molecule has 0 spiro atoms. The topological polar surface area (TPSA) is 229 Å². The van der Waals surface area contributed by atoms with Gasteiger partial charge in [0.25, 0.3) is 0 Å².